The molecule has 0 bridgehead atoms. The third-order valence-corrected chi connectivity index (χ3v) is 3.95. The van der Waals surface area contributed by atoms with Crippen molar-refractivity contribution in [1.29, 1.82) is 0 Å². The highest BCUT2D eigenvalue weighted by Gasteiger charge is 2.27. The average molecular weight is 265 g/mol. The lowest BCUT2D eigenvalue weighted by Crippen LogP contribution is -2.25. The fraction of sp³-hybridized carbons (Fsp3) is 0.235. The number of carbonyl (C=O) groups is 1. The molecule has 0 spiro atoms. The van der Waals surface area contributed by atoms with Gasteiger partial charge in [-0.2, -0.15) is 0 Å². The predicted octanol–water partition coefficient (Wildman–Crippen LogP) is 3.79. The molecule has 1 aliphatic rings. The van der Waals surface area contributed by atoms with E-state index in [0.29, 0.717) is 11.8 Å². The second-order valence-corrected chi connectivity index (χ2v) is 5.47. The van der Waals surface area contributed by atoms with Crippen molar-refractivity contribution >= 4 is 27.6 Å². The van der Waals surface area contributed by atoms with Crippen LogP contribution in [0, 0.1) is 6.92 Å². The van der Waals surface area contributed by atoms with Gasteiger partial charge in [-0.15, -0.1) is 0 Å². The molecule has 1 N–H and O–H groups in total. The first kappa shape index (κ1) is 11.5. The summed E-state index contributed by atoms with van der Waals surface area (Å²) in [6.07, 6.45) is 2.15. The summed E-state index contributed by atoms with van der Waals surface area (Å²) >= 11 is 0. The van der Waals surface area contributed by atoms with Crippen LogP contribution >= 0.6 is 0 Å². The highest BCUT2D eigenvalue weighted by Crippen LogP contribution is 2.32. The minimum absolute atomic E-state index is 0.0923. The van der Waals surface area contributed by atoms with E-state index in [1.807, 2.05) is 31.2 Å². The first-order valence-corrected chi connectivity index (χ1v) is 6.96. The number of rotatable bonds is 2. The van der Waals surface area contributed by atoms with Crippen LogP contribution in [0.25, 0.3) is 21.7 Å². The molecular formula is C17H15NO2. The molecule has 1 heterocycles. The van der Waals surface area contributed by atoms with Gasteiger partial charge in [0, 0.05) is 22.4 Å². The van der Waals surface area contributed by atoms with Gasteiger partial charge in [-0.3, -0.25) is 4.79 Å². The topological polar surface area (TPSA) is 42.2 Å². The van der Waals surface area contributed by atoms with Gasteiger partial charge in [-0.1, -0.05) is 36.4 Å². The zero-order valence-corrected chi connectivity index (χ0v) is 11.3. The van der Waals surface area contributed by atoms with Crippen molar-refractivity contribution < 1.29 is 9.21 Å². The second-order valence-electron chi connectivity index (χ2n) is 5.47. The number of carbonyl (C=O) groups excluding carboxylic acids is 1. The number of hydrogen-bond donors (Lipinski definition) is 1. The van der Waals surface area contributed by atoms with E-state index in [4.69, 9.17) is 4.42 Å². The smallest absolute Gasteiger partial charge is 0.287 e. The van der Waals surface area contributed by atoms with Crippen LogP contribution in [0.1, 0.15) is 29.0 Å². The highest BCUT2D eigenvalue weighted by molar-refractivity contribution is 6.08. The maximum absolute atomic E-state index is 12.2. The number of amides is 1. The van der Waals surface area contributed by atoms with Crippen molar-refractivity contribution in [2.45, 2.75) is 25.8 Å². The molecule has 3 aromatic rings. The van der Waals surface area contributed by atoms with E-state index in [2.05, 4.69) is 17.4 Å². The summed E-state index contributed by atoms with van der Waals surface area (Å²) in [5, 5.41) is 6.19. The standard InChI is InChI=1S/C17H15NO2/c1-10-13-9-6-11-4-2-3-5-14(11)16(13)20-15(10)17(19)18-12-7-8-12/h2-6,9,12H,7-8H2,1H3,(H,18,19). The molecule has 1 amide bonds. The van der Waals surface area contributed by atoms with Crippen molar-refractivity contribution in [1.82, 2.24) is 5.32 Å². The van der Waals surface area contributed by atoms with Crippen LogP contribution in [0.2, 0.25) is 0 Å². The first-order chi connectivity index (χ1) is 9.74. The number of hydrogen-bond acceptors (Lipinski definition) is 2. The van der Waals surface area contributed by atoms with Crippen LogP contribution in [-0.4, -0.2) is 11.9 Å². The molecule has 1 aromatic heterocycles. The third-order valence-electron chi connectivity index (χ3n) is 3.95. The van der Waals surface area contributed by atoms with Gasteiger partial charge in [0.05, 0.1) is 0 Å². The molecule has 3 nitrogen and oxygen atoms in total. The van der Waals surface area contributed by atoms with E-state index in [1.165, 1.54) is 0 Å². The minimum atomic E-state index is -0.0923. The number of furan rings is 1. The van der Waals surface area contributed by atoms with Crippen molar-refractivity contribution in [3.8, 4) is 0 Å². The van der Waals surface area contributed by atoms with Gasteiger partial charge in [0.15, 0.2) is 5.76 Å². The second kappa shape index (κ2) is 4.10. The fourth-order valence-electron chi connectivity index (χ4n) is 2.64. The zero-order valence-electron chi connectivity index (χ0n) is 11.3. The van der Waals surface area contributed by atoms with Gasteiger partial charge in [0.2, 0.25) is 0 Å². The average Bonchev–Trinajstić information content (AvgIpc) is 3.21. The molecule has 0 atom stereocenters. The Morgan fingerprint density at radius 2 is 1.95 bits per heavy atom. The molecule has 1 aliphatic carbocycles. The normalized spacial score (nSPS) is 14.8. The molecule has 0 aliphatic heterocycles. The molecule has 1 saturated carbocycles. The predicted molar refractivity (Wildman–Crippen MR) is 78.9 cm³/mol. The Morgan fingerprint density at radius 3 is 2.75 bits per heavy atom. The van der Waals surface area contributed by atoms with Gasteiger partial charge in [0.1, 0.15) is 5.58 Å². The summed E-state index contributed by atoms with van der Waals surface area (Å²) in [6, 6.07) is 12.5. The SMILES string of the molecule is Cc1c(C(=O)NC2CC2)oc2c1ccc1ccccc12. The maximum atomic E-state index is 12.2. The van der Waals surface area contributed by atoms with Crippen LogP contribution < -0.4 is 5.32 Å². The van der Waals surface area contributed by atoms with Crippen LogP contribution in [0.3, 0.4) is 0 Å². The molecule has 0 unspecified atom stereocenters. The summed E-state index contributed by atoms with van der Waals surface area (Å²) in [5.41, 5.74) is 1.73. The summed E-state index contributed by atoms with van der Waals surface area (Å²) < 4.78 is 5.89. The lowest BCUT2D eigenvalue weighted by Gasteiger charge is -1.99. The summed E-state index contributed by atoms with van der Waals surface area (Å²) in [5.74, 6) is 0.355. The molecule has 0 saturated heterocycles. The Morgan fingerprint density at radius 1 is 1.15 bits per heavy atom. The van der Waals surface area contributed by atoms with Crippen molar-refractivity contribution in [2.75, 3.05) is 0 Å². The largest absolute Gasteiger partial charge is 0.450 e. The maximum Gasteiger partial charge on any atom is 0.287 e. The molecule has 2 aromatic carbocycles. The van der Waals surface area contributed by atoms with E-state index in [1.54, 1.807) is 0 Å². The van der Waals surface area contributed by atoms with E-state index >= 15 is 0 Å². The molecule has 3 heteroatoms. The van der Waals surface area contributed by atoms with Gasteiger partial charge < -0.3 is 9.73 Å². The molecular weight excluding hydrogens is 250 g/mol. The lowest BCUT2D eigenvalue weighted by atomic mass is 10.1. The van der Waals surface area contributed by atoms with E-state index < -0.39 is 0 Å². The van der Waals surface area contributed by atoms with Crippen LogP contribution in [0.15, 0.2) is 40.8 Å². The zero-order chi connectivity index (χ0) is 13.7. The Kier molecular flexibility index (Phi) is 2.36. The van der Waals surface area contributed by atoms with Gasteiger partial charge in [-0.25, -0.2) is 0 Å². The molecule has 4 rings (SSSR count). The van der Waals surface area contributed by atoms with Gasteiger partial charge in [-0.05, 0) is 25.2 Å². The Balaban J connectivity index is 1.92. The van der Waals surface area contributed by atoms with Gasteiger partial charge >= 0.3 is 0 Å². The molecule has 1 fully saturated rings. The van der Waals surface area contributed by atoms with Crippen molar-refractivity contribution in [3.05, 3.63) is 47.7 Å². The Labute approximate surface area is 116 Å². The van der Waals surface area contributed by atoms with Crippen LogP contribution in [-0.2, 0) is 0 Å². The summed E-state index contributed by atoms with van der Waals surface area (Å²) in [6.45, 7) is 1.95. The van der Waals surface area contributed by atoms with Crippen LogP contribution in [0.4, 0.5) is 0 Å². The summed E-state index contributed by atoms with van der Waals surface area (Å²) in [4.78, 5) is 12.2. The quantitative estimate of drug-likeness (QED) is 0.766. The number of benzene rings is 2. The van der Waals surface area contributed by atoms with Crippen LogP contribution in [0.5, 0.6) is 0 Å². The van der Waals surface area contributed by atoms with Crippen molar-refractivity contribution in [2.24, 2.45) is 0 Å². The Hall–Kier alpha value is -2.29. The monoisotopic (exact) mass is 265 g/mol. The highest BCUT2D eigenvalue weighted by atomic mass is 16.3. The lowest BCUT2D eigenvalue weighted by molar-refractivity contribution is 0.0924. The van der Waals surface area contributed by atoms with E-state index in [-0.39, 0.29) is 5.91 Å². The minimum Gasteiger partial charge on any atom is -0.450 e. The third kappa shape index (κ3) is 1.70. The summed E-state index contributed by atoms with van der Waals surface area (Å²) in [7, 11) is 0. The number of fused-ring (bicyclic) bond motifs is 3. The van der Waals surface area contributed by atoms with Crippen molar-refractivity contribution in [3.63, 3.8) is 0 Å². The number of nitrogens with one attached hydrogen (secondary N) is 1. The molecule has 20 heavy (non-hydrogen) atoms. The molecule has 100 valence electrons. The van der Waals surface area contributed by atoms with E-state index in [0.717, 1.165) is 40.1 Å². The Bertz CT molecular complexity index is 827. The van der Waals surface area contributed by atoms with Gasteiger partial charge in [0.25, 0.3) is 5.91 Å². The fourth-order valence-corrected chi connectivity index (χ4v) is 2.64. The first-order valence-electron chi connectivity index (χ1n) is 6.96. The number of aryl methyl sites for hydroxylation is 1. The van der Waals surface area contributed by atoms with E-state index in [9.17, 15) is 4.79 Å². The molecule has 0 radical (unpaired) electrons.